The molecule has 0 bridgehead atoms. The first-order valence-corrected chi connectivity index (χ1v) is 6.35. The van der Waals surface area contributed by atoms with Gasteiger partial charge in [-0.2, -0.15) is 0 Å². The van der Waals surface area contributed by atoms with Crippen LogP contribution in [0.4, 0.5) is 17.3 Å². The van der Waals surface area contributed by atoms with Gasteiger partial charge in [-0.1, -0.05) is 0 Å². The molecule has 2 rings (SSSR count). The highest BCUT2D eigenvalue weighted by Crippen LogP contribution is 2.35. The standard InChI is InChI=1S/C11H16N6O3/c1-2-13-10-8(17(19)20)11(15-6-14-10)16-5-3-4-7(16)9(12)18/h6-7H,2-5H2,1H3,(H2,12,18)(H,13,14,15). The second kappa shape index (κ2) is 5.68. The lowest BCUT2D eigenvalue weighted by Gasteiger charge is -2.23. The number of carbonyl (C=O) groups is 1. The van der Waals surface area contributed by atoms with Crippen molar-refractivity contribution in [3.8, 4) is 0 Å². The molecule has 1 aromatic heterocycles. The minimum absolute atomic E-state index is 0.141. The number of primary amides is 1. The maximum Gasteiger partial charge on any atom is 0.353 e. The highest BCUT2D eigenvalue weighted by atomic mass is 16.6. The molecule has 20 heavy (non-hydrogen) atoms. The Morgan fingerprint density at radius 2 is 2.40 bits per heavy atom. The number of aromatic nitrogens is 2. The average Bonchev–Trinajstić information content (AvgIpc) is 2.87. The number of hydrogen-bond acceptors (Lipinski definition) is 7. The van der Waals surface area contributed by atoms with Crippen LogP contribution in [0.3, 0.4) is 0 Å². The first-order valence-electron chi connectivity index (χ1n) is 6.35. The zero-order valence-corrected chi connectivity index (χ0v) is 11.1. The lowest BCUT2D eigenvalue weighted by molar-refractivity contribution is -0.383. The van der Waals surface area contributed by atoms with Crippen LogP contribution in [0.15, 0.2) is 6.33 Å². The van der Waals surface area contributed by atoms with Crippen molar-refractivity contribution in [2.75, 3.05) is 23.3 Å². The van der Waals surface area contributed by atoms with Gasteiger partial charge in [0.05, 0.1) is 4.92 Å². The molecule has 1 fully saturated rings. The zero-order chi connectivity index (χ0) is 14.7. The lowest BCUT2D eigenvalue weighted by Crippen LogP contribution is -2.41. The van der Waals surface area contributed by atoms with E-state index in [-0.39, 0.29) is 17.3 Å². The maximum absolute atomic E-state index is 11.4. The van der Waals surface area contributed by atoms with Gasteiger partial charge < -0.3 is 16.0 Å². The van der Waals surface area contributed by atoms with Crippen molar-refractivity contribution in [3.63, 3.8) is 0 Å². The van der Waals surface area contributed by atoms with E-state index < -0.39 is 16.9 Å². The van der Waals surface area contributed by atoms with Gasteiger partial charge in [-0.15, -0.1) is 0 Å². The molecule has 1 saturated heterocycles. The predicted octanol–water partition coefficient (Wildman–Crippen LogP) is 0.271. The fourth-order valence-electron chi connectivity index (χ4n) is 2.36. The summed E-state index contributed by atoms with van der Waals surface area (Å²) in [5.41, 5.74) is 5.12. The highest BCUT2D eigenvalue weighted by molar-refractivity contribution is 5.85. The summed E-state index contributed by atoms with van der Waals surface area (Å²) in [4.78, 5) is 31.6. The second-order valence-electron chi connectivity index (χ2n) is 4.44. The van der Waals surface area contributed by atoms with Crippen LogP contribution in [0.1, 0.15) is 19.8 Å². The van der Waals surface area contributed by atoms with Gasteiger partial charge in [-0.25, -0.2) is 9.97 Å². The minimum atomic E-state index is -0.557. The van der Waals surface area contributed by atoms with Crippen LogP contribution >= 0.6 is 0 Å². The molecule has 0 radical (unpaired) electrons. The molecule has 1 atom stereocenters. The van der Waals surface area contributed by atoms with E-state index in [2.05, 4.69) is 15.3 Å². The Bertz CT molecular complexity index is 535. The molecule has 9 heteroatoms. The van der Waals surface area contributed by atoms with Gasteiger partial charge in [0.1, 0.15) is 12.4 Å². The van der Waals surface area contributed by atoms with Crippen LogP contribution in [0, 0.1) is 10.1 Å². The molecule has 0 aliphatic carbocycles. The molecular formula is C11H16N6O3. The van der Waals surface area contributed by atoms with Crippen molar-refractivity contribution in [2.24, 2.45) is 5.73 Å². The van der Waals surface area contributed by atoms with E-state index in [9.17, 15) is 14.9 Å². The predicted molar refractivity (Wildman–Crippen MR) is 72.4 cm³/mol. The normalized spacial score (nSPS) is 18.1. The number of anilines is 2. The summed E-state index contributed by atoms with van der Waals surface area (Å²) in [6.45, 7) is 2.82. The van der Waals surface area contributed by atoms with Gasteiger partial charge in [0, 0.05) is 13.1 Å². The van der Waals surface area contributed by atoms with Crippen LogP contribution in [-0.2, 0) is 4.79 Å². The quantitative estimate of drug-likeness (QED) is 0.585. The highest BCUT2D eigenvalue weighted by Gasteiger charge is 2.36. The number of nitrogens with one attached hydrogen (secondary N) is 1. The number of hydrogen-bond donors (Lipinski definition) is 2. The van der Waals surface area contributed by atoms with Crippen LogP contribution < -0.4 is 16.0 Å². The van der Waals surface area contributed by atoms with Crippen molar-refractivity contribution in [1.29, 1.82) is 0 Å². The molecule has 1 aliphatic rings. The van der Waals surface area contributed by atoms with Gasteiger partial charge in [0.15, 0.2) is 0 Å². The van der Waals surface area contributed by atoms with Crippen LogP contribution in [-0.4, -0.2) is 39.9 Å². The fourth-order valence-corrected chi connectivity index (χ4v) is 2.36. The molecule has 0 aromatic carbocycles. The third-order valence-corrected chi connectivity index (χ3v) is 3.18. The Hall–Kier alpha value is -2.45. The molecule has 9 nitrogen and oxygen atoms in total. The van der Waals surface area contributed by atoms with E-state index in [0.717, 1.165) is 6.42 Å². The molecule has 0 saturated carbocycles. The first kappa shape index (κ1) is 14.0. The Balaban J connectivity index is 2.47. The monoisotopic (exact) mass is 280 g/mol. The number of nitrogens with two attached hydrogens (primary N) is 1. The number of amides is 1. The molecule has 1 unspecified atom stereocenters. The molecule has 3 N–H and O–H groups in total. The summed E-state index contributed by atoms with van der Waals surface area (Å²) >= 11 is 0. The van der Waals surface area contributed by atoms with Crippen LogP contribution in [0.5, 0.6) is 0 Å². The summed E-state index contributed by atoms with van der Waals surface area (Å²) in [7, 11) is 0. The molecule has 2 heterocycles. The molecule has 108 valence electrons. The Labute approximate surface area is 115 Å². The van der Waals surface area contributed by atoms with Crippen LogP contribution in [0.25, 0.3) is 0 Å². The van der Waals surface area contributed by atoms with Crippen molar-refractivity contribution in [1.82, 2.24) is 9.97 Å². The van der Waals surface area contributed by atoms with E-state index in [0.29, 0.717) is 19.5 Å². The van der Waals surface area contributed by atoms with Crippen LogP contribution in [0.2, 0.25) is 0 Å². The van der Waals surface area contributed by atoms with Crippen molar-refractivity contribution in [3.05, 3.63) is 16.4 Å². The van der Waals surface area contributed by atoms with E-state index in [1.165, 1.54) is 6.33 Å². The molecule has 1 aliphatic heterocycles. The lowest BCUT2D eigenvalue weighted by atomic mass is 10.2. The van der Waals surface area contributed by atoms with Crippen molar-refractivity contribution >= 4 is 23.2 Å². The van der Waals surface area contributed by atoms with Gasteiger partial charge in [-0.3, -0.25) is 14.9 Å². The van der Waals surface area contributed by atoms with Crippen molar-refractivity contribution < 1.29 is 9.72 Å². The van der Waals surface area contributed by atoms with Gasteiger partial charge in [0.25, 0.3) is 0 Å². The molecule has 0 spiro atoms. The van der Waals surface area contributed by atoms with E-state index in [4.69, 9.17) is 5.73 Å². The van der Waals surface area contributed by atoms with Crippen molar-refractivity contribution in [2.45, 2.75) is 25.8 Å². The summed E-state index contributed by atoms with van der Waals surface area (Å²) in [5, 5.41) is 14.1. The molecule has 1 aromatic rings. The van der Waals surface area contributed by atoms with E-state index in [1.54, 1.807) is 4.90 Å². The third-order valence-electron chi connectivity index (χ3n) is 3.18. The summed E-state index contributed by atoms with van der Waals surface area (Å²) < 4.78 is 0. The maximum atomic E-state index is 11.4. The minimum Gasteiger partial charge on any atom is -0.368 e. The first-order chi connectivity index (χ1) is 9.56. The summed E-state index contributed by atoms with van der Waals surface area (Å²) in [6, 6.07) is -0.557. The number of nitro groups is 1. The Morgan fingerprint density at radius 1 is 1.65 bits per heavy atom. The Morgan fingerprint density at radius 3 is 3.00 bits per heavy atom. The van der Waals surface area contributed by atoms with Gasteiger partial charge >= 0.3 is 5.69 Å². The average molecular weight is 280 g/mol. The van der Waals surface area contributed by atoms with E-state index in [1.807, 2.05) is 6.92 Å². The second-order valence-corrected chi connectivity index (χ2v) is 4.44. The third kappa shape index (κ3) is 2.46. The van der Waals surface area contributed by atoms with Gasteiger partial charge in [0.2, 0.25) is 17.5 Å². The summed E-state index contributed by atoms with van der Waals surface area (Å²) in [6.07, 6.45) is 2.56. The number of rotatable bonds is 5. The summed E-state index contributed by atoms with van der Waals surface area (Å²) in [5.74, 6) is -0.208. The molecule has 1 amide bonds. The van der Waals surface area contributed by atoms with E-state index >= 15 is 0 Å². The topological polar surface area (TPSA) is 127 Å². The fraction of sp³-hybridized carbons (Fsp3) is 0.545. The Kier molecular flexibility index (Phi) is 3.97. The zero-order valence-electron chi connectivity index (χ0n) is 11.1. The van der Waals surface area contributed by atoms with Gasteiger partial charge in [-0.05, 0) is 19.8 Å². The smallest absolute Gasteiger partial charge is 0.353 e. The largest absolute Gasteiger partial charge is 0.368 e. The number of carbonyl (C=O) groups excluding carboxylic acids is 1. The SMILES string of the molecule is CCNc1ncnc(N2CCCC2C(N)=O)c1[N+](=O)[O-]. The molecular weight excluding hydrogens is 264 g/mol. The number of nitrogens with zero attached hydrogens (tertiary/aromatic N) is 4.